The summed E-state index contributed by atoms with van der Waals surface area (Å²) in [4.78, 5) is 0. The number of hydrogen-bond acceptors (Lipinski definition) is 1. The number of rotatable bonds is 4. The summed E-state index contributed by atoms with van der Waals surface area (Å²) in [5, 5.41) is 8.82. The molecule has 0 aromatic rings. The average molecular weight is 142 g/mol. The molecule has 1 heteroatoms. The quantitative estimate of drug-likeness (QED) is 0.637. The van der Waals surface area contributed by atoms with Gasteiger partial charge in [0.05, 0.1) is 0 Å². The van der Waals surface area contributed by atoms with Crippen LogP contribution in [0.15, 0.2) is 0 Å². The Bertz CT molecular complexity index is 96.9. The monoisotopic (exact) mass is 142 g/mol. The van der Waals surface area contributed by atoms with Crippen molar-refractivity contribution in [2.24, 2.45) is 17.8 Å². The Hall–Kier alpha value is -0.0400. The van der Waals surface area contributed by atoms with Gasteiger partial charge in [-0.1, -0.05) is 26.7 Å². The lowest BCUT2D eigenvalue weighted by Gasteiger charge is -2.10. The third-order valence-electron chi connectivity index (χ3n) is 2.87. The predicted octanol–water partition coefficient (Wildman–Crippen LogP) is 2.05. The van der Waals surface area contributed by atoms with Crippen LogP contribution in [0.25, 0.3) is 0 Å². The van der Waals surface area contributed by atoms with Crippen molar-refractivity contribution in [1.82, 2.24) is 0 Å². The van der Waals surface area contributed by atoms with E-state index in [0.29, 0.717) is 12.5 Å². The fourth-order valence-electron chi connectivity index (χ4n) is 1.95. The first-order chi connectivity index (χ1) is 4.83. The maximum Gasteiger partial charge on any atom is 0.0462 e. The Kier molecular flexibility index (Phi) is 2.72. The van der Waals surface area contributed by atoms with E-state index < -0.39 is 0 Å². The molecule has 0 saturated heterocycles. The zero-order valence-electron chi connectivity index (χ0n) is 7.01. The molecule has 2 unspecified atom stereocenters. The smallest absolute Gasteiger partial charge is 0.0462 e. The molecule has 0 radical (unpaired) electrons. The minimum Gasteiger partial charge on any atom is -0.396 e. The van der Waals surface area contributed by atoms with Gasteiger partial charge in [0.15, 0.2) is 0 Å². The third kappa shape index (κ3) is 1.51. The highest BCUT2D eigenvalue weighted by atomic mass is 16.3. The first-order valence-corrected chi connectivity index (χ1v) is 4.44. The Morgan fingerprint density at radius 1 is 1.40 bits per heavy atom. The average Bonchev–Trinajstić information content (AvgIpc) is 2.70. The van der Waals surface area contributed by atoms with E-state index in [9.17, 15) is 0 Å². The van der Waals surface area contributed by atoms with Crippen molar-refractivity contribution in [2.45, 2.75) is 33.1 Å². The highest BCUT2D eigenvalue weighted by Gasteiger charge is 2.40. The lowest BCUT2D eigenvalue weighted by Crippen LogP contribution is -2.02. The molecule has 10 heavy (non-hydrogen) atoms. The van der Waals surface area contributed by atoms with Gasteiger partial charge in [-0.2, -0.15) is 0 Å². The van der Waals surface area contributed by atoms with Crippen molar-refractivity contribution in [3.05, 3.63) is 0 Å². The number of aliphatic hydroxyl groups is 1. The fraction of sp³-hybridized carbons (Fsp3) is 1.00. The molecule has 1 nitrogen and oxygen atoms in total. The highest BCUT2D eigenvalue weighted by molar-refractivity contribution is 4.89. The van der Waals surface area contributed by atoms with Crippen LogP contribution in [0.4, 0.5) is 0 Å². The first kappa shape index (κ1) is 8.06. The first-order valence-electron chi connectivity index (χ1n) is 4.44. The SMILES string of the molecule is CCC(CC)C1CC1CO. The molecule has 60 valence electrons. The highest BCUT2D eigenvalue weighted by Crippen LogP contribution is 2.46. The van der Waals surface area contributed by atoms with Gasteiger partial charge in [0.25, 0.3) is 0 Å². The normalized spacial score (nSPS) is 31.2. The maximum absolute atomic E-state index is 8.82. The van der Waals surface area contributed by atoms with E-state index >= 15 is 0 Å². The maximum atomic E-state index is 8.82. The zero-order valence-corrected chi connectivity index (χ0v) is 7.01. The van der Waals surface area contributed by atoms with Crippen molar-refractivity contribution >= 4 is 0 Å². The zero-order chi connectivity index (χ0) is 7.56. The molecule has 1 fully saturated rings. The van der Waals surface area contributed by atoms with E-state index in [1.54, 1.807) is 0 Å². The third-order valence-corrected chi connectivity index (χ3v) is 2.87. The molecule has 0 amide bonds. The van der Waals surface area contributed by atoms with Gasteiger partial charge in [-0.05, 0) is 24.2 Å². The Morgan fingerprint density at radius 3 is 2.30 bits per heavy atom. The summed E-state index contributed by atoms with van der Waals surface area (Å²) in [5.41, 5.74) is 0. The number of hydrogen-bond donors (Lipinski definition) is 1. The lowest BCUT2D eigenvalue weighted by atomic mass is 9.96. The molecule has 1 aliphatic rings. The molecule has 0 aromatic carbocycles. The molecule has 1 N–H and O–H groups in total. The number of aliphatic hydroxyl groups excluding tert-OH is 1. The summed E-state index contributed by atoms with van der Waals surface area (Å²) in [7, 11) is 0. The van der Waals surface area contributed by atoms with Crippen LogP contribution in [0.2, 0.25) is 0 Å². The molecular weight excluding hydrogens is 124 g/mol. The summed E-state index contributed by atoms with van der Waals surface area (Å²) < 4.78 is 0. The van der Waals surface area contributed by atoms with Crippen molar-refractivity contribution in [1.29, 1.82) is 0 Å². The molecule has 0 heterocycles. The molecule has 1 saturated carbocycles. The molecule has 1 rings (SSSR count). The molecule has 0 aliphatic heterocycles. The van der Waals surface area contributed by atoms with Gasteiger partial charge in [-0.25, -0.2) is 0 Å². The van der Waals surface area contributed by atoms with Crippen LogP contribution in [0.1, 0.15) is 33.1 Å². The van der Waals surface area contributed by atoms with E-state index in [4.69, 9.17) is 5.11 Å². The summed E-state index contributed by atoms with van der Waals surface area (Å²) in [6.07, 6.45) is 3.86. The summed E-state index contributed by atoms with van der Waals surface area (Å²) >= 11 is 0. The van der Waals surface area contributed by atoms with Crippen LogP contribution in [0.3, 0.4) is 0 Å². The van der Waals surface area contributed by atoms with E-state index in [2.05, 4.69) is 13.8 Å². The minimum absolute atomic E-state index is 0.418. The van der Waals surface area contributed by atoms with E-state index in [1.807, 2.05) is 0 Å². The van der Waals surface area contributed by atoms with Crippen LogP contribution in [0, 0.1) is 17.8 Å². The topological polar surface area (TPSA) is 20.2 Å². The largest absolute Gasteiger partial charge is 0.396 e. The van der Waals surface area contributed by atoms with E-state index in [1.165, 1.54) is 19.3 Å². The van der Waals surface area contributed by atoms with Gasteiger partial charge in [0.2, 0.25) is 0 Å². The molecule has 0 aromatic heterocycles. The van der Waals surface area contributed by atoms with Crippen LogP contribution in [-0.4, -0.2) is 11.7 Å². The molecule has 0 bridgehead atoms. The van der Waals surface area contributed by atoms with Gasteiger partial charge >= 0.3 is 0 Å². The van der Waals surface area contributed by atoms with Crippen LogP contribution in [0.5, 0.6) is 0 Å². The Labute approximate surface area is 63.4 Å². The van der Waals surface area contributed by atoms with Crippen LogP contribution < -0.4 is 0 Å². The molecule has 2 atom stereocenters. The lowest BCUT2D eigenvalue weighted by molar-refractivity contribution is 0.255. The molecular formula is C9H18O. The standard InChI is InChI=1S/C9H18O/c1-3-7(4-2)9-5-8(9)6-10/h7-10H,3-6H2,1-2H3. The molecule has 0 spiro atoms. The van der Waals surface area contributed by atoms with E-state index in [0.717, 1.165) is 11.8 Å². The summed E-state index contributed by atoms with van der Waals surface area (Å²) in [6.45, 7) is 4.92. The fourth-order valence-corrected chi connectivity index (χ4v) is 1.95. The van der Waals surface area contributed by atoms with Gasteiger partial charge in [0.1, 0.15) is 0 Å². The van der Waals surface area contributed by atoms with Crippen molar-refractivity contribution in [3.8, 4) is 0 Å². The van der Waals surface area contributed by atoms with Gasteiger partial charge < -0.3 is 5.11 Å². The second-order valence-corrected chi connectivity index (χ2v) is 3.42. The van der Waals surface area contributed by atoms with Crippen molar-refractivity contribution in [3.63, 3.8) is 0 Å². The second kappa shape index (κ2) is 3.38. The second-order valence-electron chi connectivity index (χ2n) is 3.42. The van der Waals surface area contributed by atoms with E-state index in [-0.39, 0.29) is 0 Å². The van der Waals surface area contributed by atoms with Crippen molar-refractivity contribution in [2.75, 3.05) is 6.61 Å². The van der Waals surface area contributed by atoms with Crippen molar-refractivity contribution < 1.29 is 5.11 Å². The predicted molar refractivity (Wildman–Crippen MR) is 42.8 cm³/mol. The van der Waals surface area contributed by atoms with Crippen LogP contribution >= 0.6 is 0 Å². The molecule has 1 aliphatic carbocycles. The summed E-state index contributed by atoms with van der Waals surface area (Å²) in [5.74, 6) is 2.40. The van der Waals surface area contributed by atoms with Crippen LogP contribution in [-0.2, 0) is 0 Å². The minimum atomic E-state index is 0.418. The van der Waals surface area contributed by atoms with Gasteiger partial charge in [-0.3, -0.25) is 0 Å². The summed E-state index contributed by atoms with van der Waals surface area (Å²) in [6, 6.07) is 0. The van der Waals surface area contributed by atoms with Gasteiger partial charge in [-0.15, -0.1) is 0 Å². The van der Waals surface area contributed by atoms with Gasteiger partial charge in [0, 0.05) is 6.61 Å². The Balaban J connectivity index is 2.22. The Morgan fingerprint density at radius 2 is 2.00 bits per heavy atom.